The summed E-state index contributed by atoms with van der Waals surface area (Å²) in [5, 5.41) is 4.00. The van der Waals surface area contributed by atoms with E-state index in [1.807, 2.05) is 0 Å². The van der Waals surface area contributed by atoms with E-state index in [0.29, 0.717) is 17.5 Å². The van der Waals surface area contributed by atoms with Gasteiger partial charge >= 0.3 is 0 Å². The van der Waals surface area contributed by atoms with Gasteiger partial charge in [-0.2, -0.15) is 4.98 Å². The fourth-order valence-corrected chi connectivity index (χ4v) is 2.35. The highest BCUT2D eigenvalue weighted by molar-refractivity contribution is 7.98. The third-order valence-corrected chi connectivity index (χ3v) is 4.08. The van der Waals surface area contributed by atoms with Crippen LogP contribution < -0.4 is 5.73 Å². The van der Waals surface area contributed by atoms with Gasteiger partial charge in [0.25, 0.3) is 0 Å². The number of nitrogens with zero attached hydrogens (tertiary/aromatic N) is 2. The Labute approximate surface area is 124 Å². The molecule has 0 bridgehead atoms. The van der Waals surface area contributed by atoms with Crippen molar-refractivity contribution in [2.24, 2.45) is 11.1 Å². The van der Waals surface area contributed by atoms with Crippen molar-refractivity contribution >= 4 is 11.8 Å². The van der Waals surface area contributed by atoms with Crippen molar-refractivity contribution in [2.45, 2.75) is 44.4 Å². The molecular formula is C15H21N3OS. The molecule has 0 aliphatic carbocycles. The highest BCUT2D eigenvalue weighted by atomic mass is 32.2. The SMILES string of the molecule is Cc1ccc(SCc2noc(C(N)C(C)(C)C)n2)cc1. The number of benzene rings is 1. The molecule has 1 heterocycles. The second-order valence-electron chi connectivity index (χ2n) is 5.99. The van der Waals surface area contributed by atoms with E-state index in [-0.39, 0.29) is 11.5 Å². The standard InChI is InChI=1S/C15H21N3OS/c1-10-5-7-11(8-6-10)20-9-12-17-14(19-18-12)13(16)15(2,3)4/h5-8,13H,9,16H2,1-4H3. The molecule has 5 heteroatoms. The van der Waals surface area contributed by atoms with Crippen LogP contribution in [0, 0.1) is 12.3 Å². The van der Waals surface area contributed by atoms with Crippen LogP contribution in [0.3, 0.4) is 0 Å². The summed E-state index contributed by atoms with van der Waals surface area (Å²) in [4.78, 5) is 5.58. The lowest BCUT2D eigenvalue weighted by Gasteiger charge is -2.23. The first-order chi connectivity index (χ1) is 9.36. The Hall–Kier alpha value is -1.33. The molecule has 1 aromatic heterocycles. The van der Waals surface area contributed by atoms with Crippen LogP contribution in [-0.2, 0) is 5.75 Å². The topological polar surface area (TPSA) is 64.9 Å². The maximum absolute atomic E-state index is 6.11. The van der Waals surface area contributed by atoms with Gasteiger partial charge in [-0.25, -0.2) is 0 Å². The molecule has 0 amide bonds. The molecular weight excluding hydrogens is 270 g/mol. The van der Waals surface area contributed by atoms with Gasteiger partial charge in [0, 0.05) is 4.90 Å². The predicted molar refractivity (Wildman–Crippen MR) is 81.4 cm³/mol. The highest BCUT2D eigenvalue weighted by Gasteiger charge is 2.27. The Morgan fingerprint density at radius 2 is 1.90 bits per heavy atom. The van der Waals surface area contributed by atoms with Crippen molar-refractivity contribution in [2.75, 3.05) is 0 Å². The molecule has 0 saturated heterocycles. The monoisotopic (exact) mass is 291 g/mol. The maximum atomic E-state index is 6.11. The number of aromatic nitrogens is 2. The second-order valence-corrected chi connectivity index (χ2v) is 7.04. The van der Waals surface area contributed by atoms with Crippen molar-refractivity contribution in [3.63, 3.8) is 0 Å². The highest BCUT2D eigenvalue weighted by Crippen LogP contribution is 2.30. The molecule has 0 spiro atoms. The van der Waals surface area contributed by atoms with Gasteiger partial charge in [-0.1, -0.05) is 43.6 Å². The molecule has 2 rings (SSSR count). The van der Waals surface area contributed by atoms with Gasteiger partial charge < -0.3 is 10.3 Å². The minimum absolute atomic E-state index is 0.0894. The molecule has 1 atom stereocenters. The van der Waals surface area contributed by atoms with E-state index in [0.717, 1.165) is 0 Å². The Balaban J connectivity index is 1.98. The van der Waals surface area contributed by atoms with Crippen molar-refractivity contribution in [3.8, 4) is 0 Å². The molecule has 1 aromatic carbocycles. The lowest BCUT2D eigenvalue weighted by atomic mass is 9.87. The van der Waals surface area contributed by atoms with Crippen molar-refractivity contribution in [1.29, 1.82) is 0 Å². The fourth-order valence-electron chi connectivity index (χ4n) is 1.61. The third kappa shape index (κ3) is 3.84. The summed E-state index contributed by atoms with van der Waals surface area (Å²) in [6.07, 6.45) is 0. The van der Waals surface area contributed by atoms with Gasteiger partial charge in [-0.15, -0.1) is 11.8 Å². The van der Waals surface area contributed by atoms with Crippen molar-refractivity contribution in [3.05, 3.63) is 41.5 Å². The largest absolute Gasteiger partial charge is 0.338 e. The van der Waals surface area contributed by atoms with E-state index >= 15 is 0 Å². The summed E-state index contributed by atoms with van der Waals surface area (Å²) in [5.41, 5.74) is 7.27. The summed E-state index contributed by atoms with van der Waals surface area (Å²) in [7, 11) is 0. The zero-order valence-corrected chi connectivity index (χ0v) is 13.2. The number of thioether (sulfide) groups is 1. The number of hydrogen-bond acceptors (Lipinski definition) is 5. The van der Waals surface area contributed by atoms with Gasteiger partial charge in [0.2, 0.25) is 5.89 Å². The fraction of sp³-hybridized carbons (Fsp3) is 0.467. The molecule has 0 aliphatic rings. The molecule has 2 aromatic rings. The molecule has 1 unspecified atom stereocenters. The van der Waals surface area contributed by atoms with Crippen LogP contribution in [0.5, 0.6) is 0 Å². The summed E-state index contributed by atoms with van der Waals surface area (Å²) in [5.74, 6) is 1.88. The van der Waals surface area contributed by atoms with E-state index in [9.17, 15) is 0 Å². The molecule has 108 valence electrons. The van der Waals surface area contributed by atoms with Gasteiger partial charge in [0.15, 0.2) is 5.82 Å². The maximum Gasteiger partial charge on any atom is 0.244 e. The number of aryl methyl sites for hydroxylation is 1. The first-order valence-electron chi connectivity index (χ1n) is 6.64. The first-order valence-corrected chi connectivity index (χ1v) is 7.62. The Morgan fingerprint density at radius 1 is 1.25 bits per heavy atom. The third-order valence-electron chi connectivity index (χ3n) is 3.07. The lowest BCUT2D eigenvalue weighted by Crippen LogP contribution is -2.26. The summed E-state index contributed by atoms with van der Waals surface area (Å²) in [6.45, 7) is 8.25. The molecule has 4 nitrogen and oxygen atoms in total. The van der Waals surface area contributed by atoms with Crippen LogP contribution in [0.4, 0.5) is 0 Å². The van der Waals surface area contributed by atoms with E-state index in [2.05, 4.69) is 62.1 Å². The summed E-state index contributed by atoms with van der Waals surface area (Å²) >= 11 is 1.69. The van der Waals surface area contributed by atoms with E-state index in [1.165, 1.54) is 10.5 Å². The van der Waals surface area contributed by atoms with E-state index < -0.39 is 0 Å². The molecule has 20 heavy (non-hydrogen) atoms. The smallest absolute Gasteiger partial charge is 0.244 e. The van der Waals surface area contributed by atoms with E-state index in [1.54, 1.807) is 11.8 Å². The Kier molecular flexibility index (Phi) is 4.50. The predicted octanol–water partition coefficient (Wildman–Crippen LogP) is 3.72. The zero-order valence-electron chi connectivity index (χ0n) is 12.4. The van der Waals surface area contributed by atoms with Crippen LogP contribution in [0.15, 0.2) is 33.7 Å². The van der Waals surface area contributed by atoms with Crippen LogP contribution in [0.1, 0.15) is 44.1 Å². The van der Waals surface area contributed by atoms with Crippen molar-refractivity contribution < 1.29 is 4.52 Å². The van der Waals surface area contributed by atoms with Crippen LogP contribution in [-0.4, -0.2) is 10.1 Å². The molecule has 0 saturated carbocycles. The number of nitrogens with two attached hydrogens (primary N) is 1. The minimum atomic E-state index is -0.242. The quantitative estimate of drug-likeness (QED) is 0.870. The van der Waals surface area contributed by atoms with Crippen LogP contribution >= 0.6 is 11.8 Å². The molecule has 2 N–H and O–H groups in total. The minimum Gasteiger partial charge on any atom is -0.338 e. The van der Waals surface area contributed by atoms with E-state index in [4.69, 9.17) is 10.3 Å². The Morgan fingerprint density at radius 3 is 2.50 bits per heavy atom. The summed E-state index contributed by atoms with van der Waals surface area (Å²) < 4.78 is 5.26. The van der Waals surface area contributed by atoms with Crippen LogP contribution in [0.25, 0.3) is 0 Å². The zero-order chi connectivity index (χ0) is 14.8. The van der Waals surface area contributed by atoms with Crippen LogP contribution in [0.2, 0.25) is 0 Å². The second kappa shape index (κ2) is 5.97. The molecule has 0 aliphatic heterocycles. The van der Waals surface area contributed by atoms with Gasteiger partial charge in [0.1, 0.15) is 0 Å². The van der Waals surface area contributed by atoms with Gasteiger partial charge in [-0.3, -0.25) is 0 Å². The normalized spacial score (nSPS) is 13.4. The number of hydrogen-bond donors (Lipinski definition) is 1. The first kappa shape index (κ1) is 15.1. The molecule has 0 fully saturated rings. The van der Waals surface area contributed by atoms with Gasteiger partial charge in [0.05, 0.1) is 11.8 Å². The lowest BCUT2D eigenvalue weighted by molar-refractivity contribution is 0.252. The molecule has 0 radical (unpaired) electrons. The number of rotatable bonds is 4. The van der Waals surface area contributed by atoms with Gasteiger partial charge in [-0.05, 0) is 24.5 Å². The average Bonchev–Trinajstić information content (AvgIpc) is 2.85. The Bertz CT molecular complexity index is 557. The van der Waals surface area contributed by atoms with Crippen molar-refractivity contribution in [1.82, 2.24) is 10.1 Å². The average molecular weight is 291 g/mol. The summed E-state index contributed by atoms with van der Waals surface area (Å²) in [6, 6.07) is 8.15.